The number of methoxy groups -OCH3 is 2. The van der Waals surface area contributed by atoms with Gasteiger partial charge in [-0.1, -0.05) is 12.1 Å². The van der Waals surface area contributed by atoms with Crippen LogP contribution in [-0.2, 0) is 11.2 Å². The van der Waals surface area contributed by atoms with Gasteiger partial charge in [0, 0.05) is 22.4 Å². The van der Waals surface area contributed by atoms with E-state index in [9.17, 15) is 4.79 Å². The number of ether oxygens (including phenoxy) is 2. The van der Waals surface area contributed by atoms with E-state index in [0.717, 1.165) is 18.5 Å². The van der Waals surface area contributed by atoms with Crippen molar-refractivity contribution < 1.29 is 14.3 Å². The van der Waals surface area contributed by atoms with Gasteiger partial charge in [-0.3, -0.25) is 4.79 Å². The van der Waals surface area contributed by atoms with Gasteiger partial charge in [-0.05, 0) is 58.6 Å². The number of carbonyl (C=O) groups excluding carboxylic acids is 1. The molecule has 0 bridgehead atoms. The summed E-state index contributed by atoms with van der Waals surface area (Å²) in [5.41, 5.74) is 2.15. The lowest BCUT2D eigenvalue weighted by Crippen LogP contribution is -2.38. The molecule has 6 heteroatoms. The molecular weight excluding hydrogens is 390 g/mol. The van der Waals surface area contributed by atoms with E-state index in [0.29, 0.717) is 11.5 Å². The number of amides is 1. The van der Waals surface area contributed by atoms with Crippen molar-refractivity contribution in [2.75, 3.05) is 20.8 Å². The van der Waals surface area contributed by atoms with E-state index in [4.69, 9.17) is 9.47 Å². The van der Waals surface area contributed by atoms with Crippen LogP contribution in [0.1, 0.15) is 26.9 Å². The van der Waals surface area contributed by atoms with E-state index in [1.54, 1.807) is 43.0 Å². The molecular formula is C22H21NO3S2. The maximum Gasteiger partial charge on any atom is 0.247 e. The molecule has 144 valence electrons. The second-order valence-corrected chi connectivity index (χ2v) is 8.43. The first-order valence-corrected chi connectivity index (χ1v) is 10.8. The maximum absolute atomic E-state index is 13.1. The van der Waals surface area contributed by atoms with Crippen LogP contribution in [-0.4, -0.2) is 31.6 Å². The Kier molecular flexibility index (Phi) is 5.50. The van der Waals surface area contributed by atoms with Crippen LogP contribution in [0.2, 0.25) is 0 Å². The first-order valence-electron chi connectivity index (χ1n) is 9.01. The van der Waals surface area contributed by atoms with E-state index in [2.05, 4.69) is 22.9 Å². The fraction of sp³-hybridized carbons (Fsp3) is 0.227. The molecule has 2 aromatic heterocycles. The third-order valence-electron chi connectivity index (χ3n) is 4.89. The number of rotatable bonds is 5. The van der Waals surface area contributed by atoms with Crippen molar-refractivity contribution in [3.05, 3.63) is 74.1 Å². The van der Waals surface area contributed by atoms with E-state index < -0.39 is 0 Å². The Balaban J connectivity index is 1.60. The molecule has 1 atom stereocenters. The molecule has 0 radical (unpaired) electrons. The van der Waals surface area contributed by atoms with Crippen LogP contribution in [0.5, 0.6) is 11.5 Å². The molecule has 0 N–H and O–H groups in total. The first-order chi connectivity index (χ1) is 13.7. The molecule has 1 amide bonds. The number of carbonyl (C=O) groups is 1. The number of thiophene rings is 2. The van der Waals surface area contributed by atoms with Gasteiger partial charge < -0.3 is 14.4 Å². The lowest BCUT2D eigenvalue weighted by Gasteiger charge is -2.34. The minimum Gasteiger partial charge on any atom is -0.493 e. The highest BCUT2D eigenvalue weighted by atomic mass is 32.1. The maximum atomic E-state index is 13.1. The van der Waals surface area contributed by atoms with Gasteiger partial charge in [-0.25, -0.2) is 0 Å². The zero-order chi connectivity index (χ0) is 19.5. The molecule has 4 nitrogen and oxygen atoms in total. The predicted octanol–water partition coefficient (Wildman–Crippen LogP) is 5.01. The van der Waals surface area contributed by atoms with Gasteiger partial charge in [0.1, 0.15) is 0 Å². The summed E-state index contributed by atoms with van der Waals surface area (Å²) in [5.74, 6) is 1.34. The SMILES string of the molecule is COc1ccc(C=CC(=O)N2CCc3sccc3C2c2cccs2)cc1OC. The van der Waals surface area contributed by atoms with Crippen LogP contribution >= 0.6 is 22.7 Å². The molecule has 0 fully saturated rings. The molecule has 0 saturated carbocycles. The van der Waals surface area contributed by atoms with Crippen molar-refractivity contribution in [3.63, 3.8) is 0 Å². The van der Waals surface area contributed by atoms with Crippen LogP contribution in [0.15, 0.2) is 53.2 Å². The molecule has 0 saturated heterocycles. The molecule has 1 aliphatic heterocycles. The Labute approximate surface area is 172 Å². The molecule has 1 aromatic carbocycles. The number of hydrogen-bond donors (Lipinski definition) is 0. The highest BCUT2D eigenvalue weighted by Gasteiger charge is 2.32. The predicted molar refractivity (Wildman–Crippen MR) is 114 cm³/mol. The van der Waals surface area contributed by atoms with E-state index in [1.165, 1.54) is 15.3 Å². The molecule has 4 rings (SSSR count). The van der Waals surface area contributed by atoms with Gasteiger partial charge in [0.25, 0.3) is 0 Å². The van der Waals surface area contributed by atoms with Crippen molar-refractivity contribution in [1.29, 1.82) is 0 Å². The van der Waals surface area contributed by atoms with Crippen molar-refractivity contribution in [1.82, 2.24) is 4.90 Å². The fourth-order valence-electron chi connectivity index (χ4n) is 3.53. The monoisotopic (exact) mass is 411 g/mol. The van der Waals surface area contributed by atoms with Crippen molar-refractivity contribution in [2.24, 2.45) is 0 Å². The average Bonchev–Trinajstić information content (AvgIpc) is 3.42. The lowest BCUT2D eigenvalue weighted by atomic mass is 9.98. The van der Waals surface area contributed by atoms with Crippen LogP contribution in [0.3, 0.4) is 0 Å². The highest BCUT2D eigenvalue weighted by Crippen LogP contribution is 2.39. The standard InChI is InChI=1S/C22H21NO3S2/c1-25-17-7-5-15(14-18(17)26-2)6-8-21(24)23-11-9-19-16(10-13-28-19)22(23)20-4-3-12-27-20/h3-8,10,12-14,22H,9,11H2,1-2H3. The minimum atomic E-state index is -0.00227. The second kappa shape index (κ2) is 8.20. The average molecular weight is 412 g/mol. The van der Waals surface area contributed by atoms with Gasteiger partial charge in [0.05, 0.1) is 20.3 Å². The topological polar surface area (TPSA) is 38.8 Å². The van der Waals surface area contributed by atoms with Gasteiger partial charge in [-0.15, -0.1) is 22.7 Å². The Morgan fingerprint density at radius 2 is 1.96 bits per heavy atom. The van der Waals surface area contributed by atoms with Crippen LogP contribution in [0, 0.1) is 0 Å². The van der Waals surface area contributed by atoms with Gasteiger partial charge >= 0.3 is 0 Å². The van der Waals surface area contributed by atoms with E-state index in [1.807, 2.05) is 35.2 Å². The highest BCUT2D eigenvalue weighted by molar-refractivity contribution is 7.10. The minimum absolute atomic E-state index is 0.00227. The molecule has 0 aliphatic carbocycles. The number of hydrogen-bond acceptors (Lipinski definition) is 5. The van der Waals surface area contributed by atoms with E-state index in [-0.39, 0.29) is 11.9 Å². The van der Waals surface area contributed by atoms with Crippen molar-refractivity contribution in [2.45, 2.75) is 12.5 Å². The summed E-state index contributed by atoms with van der Waals surface area (Å²) in [7, 11) is 3.21. The third kappa shape index (κ3) is 3.57. The molecule has 1 aliphatic rings. The molecule has 3 heterocycles. The summed E-state index contributed by atoms with van der Waals surface area (Å²) < 4.78 is 10.6. The Hall–Kier alpha value is -2.57. The summed E-state index contributed by atoms with van der Waals surface area (Å²) in [4.78, 5) is 17.6. The Morgan fingerprint density at radius 1 is 1.11 bits per heavy atom. The zero-order valence-electron chi connectivity index (χ0n) is 15.8. The fourth-order valence-corrected chi connectivity index (χ4v) is 5.29. The number of benzene rings is 1. The lowest BCUT2D eigenvalue weighted by molar-refractivity contribution is -0.127. The van der Waals surface area contributed by atoms with Crippen LogP contribution in [0.4, 0.5) is 0 Å². The molecule has 1 unspecified atom stereocenters. The summed E-state index contributed by atoms with van der Waals surface area (Å²) in [6.45, 7) is 0.727. The first kappa shape index (κ1) is 18.8. The zero-order valence-corrected chi connectivity index (χ0v) is 17.4. The normalized spacial score (nSPS) is 16.2. The summed E-state index contributed by atoms with van der Waals surface area (Å²) in [5, 5.41) is 4.19. The molecule has 0 spiro atoms. The van der Waals surface area contributed by atoms with Gasteiger partial charge in [0.2, 0.25) is 5.91 Å². The molecule has 28 heavy (non-hydrogen) atoms. The molecule has 3 aromatic rings. The van der Waals surface area contributed by atoms with Gasteiger partial charge in [-0.2, -0.15) is 0 Å². The smallest absolute Gasteiger partial charge is 0.247 e. The third-order valence-corrected chi connectivity index (χ3v) is 6.81. The summed E-state index contributed by atoms with van der Waals surface area (Å²) in [6.07, 6.45) is 4.39. The van der Waals surface area contributed by atoms with E-state index >= 15 is 0 Å². The summed E-state index contributed by atoms with van der Waals surface area (Å²) >= 11 is 3.48. The Morgan fingerprint density at radius 3 is 2.71 bits per heavy atom. The summed E-state index contributed by atoms with van der Waals surface area (Å²) in [6, 6.07) is 11.9. The Bertz CT molecular complexity index is 991. The quantitative estimate of drug-likeness (QED) is 0.554. The van der Waals surface area contributed by atoms with Crippen molar-refractivity contribution >= 4 is 34.7 Å². The van der Waals surface area contributed by atoms with Gasteiger partial charge in [0.15, 0.2) is 11.5 Å². The number of nitrogens with zero attached hydrogens (tertiary/aromatic N) is 1. The number of fused-ring (bicyclic) bond motifs is 1. The largest absolute Gasteiger partial charge is 0.493 e. The van der Waals surface area contributed by atoms with Crippen LogP contribution in [0.25, 0.3) is 6.08 Å². The van der Waals surface area contributed by atoms with Crippen molar-refractivity contribution in [3.8, 4) is 11.5 Å². The van der Waals surface area contributed by atoms with Crippen LogP contribution < -0.4 is 9.47 Å². The second-order valence-electron chi connectivity index (χ2n) is 6.45.